The zero-order valence-corrected chi connectivity index (χ0v) is 15.1. The van der Waals surface area contributed by atoms with Crippen molar-refractivity contribution in [3.8, 4) is 0 Å². The first-order chi connectivity index (χ1) is 12.1. The Hall–Kier alpha value is -2.24. The van der Waals surface area contributed by atoms with E-state index in [4.69, 9.17) is 11.6 Å². The van der Waals surface area contributed by atoms with E-state index in [-0.39, 0.29) is 11.8 Å². The first kappa shape index (κ1) is 17.6. The van der Waals surface area contributed by atoms with Crippen molar-refractivity contribution in [3.05, 3.63) is 71.3 Å². The molecule has 0 radical (unpaired) electrons. The molecule has 0 atom stereocenters. The fourth-order valence-corrected chi connectivity index (χ4v) is 3.73. The predicted octanol–water partition coefficient (Wildman–Crippen LogP) is 3.89. The van der Waals surface area contributed by atoms with Gasteiger partial charge in [0.2, 0.25) is 5.91 Å². The van der Waals surface area contributed by atoms with E-state index in [1.807, 2.05) is 30.3 Å². The summed E-state index contributed by atoms with van der Waals surface area (Å²) in [6.07, 6.45) is 1.23. The minimum atomic E-state index is -0.223. The van der Waals surface area contributed by atoms with Gasteiger partial charge in [-0.3, -0.25) is 9.59 Å². The summed E-state index contributed by atoms with van der Waals surface area (Å²) in [5, 5.41) is 3.33. The topological polar surface area (TPSA) is 49.4 Å². The Morgan fingerprint density at radius 3 is 2.72 bits per heavy atom. The molecular weight excluding hydrogens is 356 g/mol. The van der Waals surface area contributed by atoms with E-state index < -0.39 is 0 Å². The number of hydrogen-bond acceptors (Lipinski definition) is 3. The predicted molar refractivity (Wildman–Crippen MR) is 102 cm³/mol. The molecule has 0 unspecified atom stereocenters. The summed E-state index contributed by atoms with van der Waals surface area (Å²) in [7, 11) is 0. The number of carbonyl (C=O) groups excluding carboxylic acids is 2. The SMILES string of the molecule is C=CC(=O)NCc1ccc(C(=O)N2CCSc3ccc(Cl)cc32)cc1. The number of halogens is 1. The van der Waals surface area contributed by atoms with Gasteiger partial charge < -0.3 is 10.2 Å². The average Bonchev–Trinajstić information content (AvgIpc) is 2.65. The molecule has 2 aromatic rings. The molecule has 0 aliphatic carbocycles. The van der Waals surface area contributed by atoms with E-state index in [1.54, 1.807) is 28.8 Å². The molecule has 1 heterocycles. The fourth-order valence-electron chi connectivity index (χ4n) is 2.58. The summed E-state index contributed by atoms with van der Waals surface area (Å²) in [4.78, 5) is 26.9. The Kier molecular flexibility index (Phi) is 5.46. The molecule has 0 bridgehead atoms. The van der Waals surface area contributed by atoms with E-state index in [9.17, 15) is 9.59 Å². The first-order valence-corrected chi connectivity index (χ1v) is 9.18. The number of amides is 2. The molecule has 2 aromatic carbocycles. The quantitative estimate of drug-likeness (QED) is 0.828. The third-order valence-corrected chi connectivity index (χ3v) is 5.16. The molecule has 0 fully saturated rings. The lowest BCUT2D eigenvalue weighted by atomic mass is 10.1. The largest absolute Gasteiger partial charge is 0.348 e. The van der Waals surface area contributed by atoms with E-state index in [1.165, 1.54) is 6.08 Å². The molecule has 2 amide bonds. The van der Waals surface area contributed by atoms with Crippen LogP contribution < -0.4 is 10.2 Å². The molecule has 0 aromatic heterocycles. The van der Waals surface area contributed by atoms with Crippen molar-refractivity contribution in [2.24, 2.45) is 0 Å². The van der Waals surface area contributed by atoms with E-state index >= 15 is 0 Å². The molecule has 128 valence electrons. The Morgan fingerprint density at radius 1 is 1.24 bits per heavy atom. The van der Waals surface area contributed by atoms with Crippen LogP contribution in [0.25, 0.3) is 0 Å². The summed E-state index contributed by atoms with van der Waals surface area (Å²) in [5.41, 5.74) is 2.39. The zero-order chi connectivity index (χ0) is 17.8. The molecule has 1 aliphatic heterocycles. The lowest BCUT2D eigenvalue weighted by Crippen LogP contribution is -2.35. The highest BCUT2D eigenvalue weighted by atomic mass is 35.5. The van der Waals surface area contributed by atoms with Gasteiger partial charge in [-0.15, -0.1) is 11.8 Å². The second-order valence-corrected chi connectivity index (χ2v) is 7.11. The number of nitrogens with zero attached hydrogens (tertiary/aromatic N) is 1. The molecule has 3 rings (SSSR count). The van der Waals surface area contributed by atoms with Crippen LogP contribution in [0.4, 0.5) is 5.69 Å². The molecule has 0 saturated carbocycles. The molecule has 6 heteroatoms. The van der Waals surface area contributed by atoms with Crippen molar-refractivity contribution in [2.45, 2.75) is 11.4 Å². The lowest BCUT2D eigenvalue weighted by Gasteiger charge is -2.29. The summed E-state index contributed by atoms with van der Waals surface area (Å²) >= 11 is 7.82. The highest BCUT2D eigenvalue weighted by Gasteiger charge is 2.24. The van der Waals surface area contributed by atoms with Gasteiger partial charge in [0.25, 0.3) is 5.91 Å². The Labute approximate surface area is 155 Å². The van der Waals surface area contributed by atoms with Crippen molar-refractivity contribution in [1.82, 2.24) is 5.32 Å². The van der Waals surface area contributed by atoms with E-state index in [0.29, 0.717) is 23.7 Å². The van der Waals surface area contributed by atoms with Crippen LogP contribution in [0, 0.1) is 0 Å². The van der Waals surface area contributed by atoms with Crippen LogP contribution in [-0.2, 0) is 11.3 Å². The number of thioether (sulfide) groups is 1. The molecule has 4 nitrogen and oxygen atoms in total. The number of rotatable bonds is 4. The number of fused-ring (bicyclic) bond motifs is 1. The molecule has 25 heavy (non-hydrogen) atoms. The summed E-state index contributed by atoms with van der Waals surface area (Å²) in [5.74, 6) is 0.580. The van der Waals surface area contributed by atoms with Crippen LogP contribution in [-0.4, -0.2) is 24.1 Å². The highest BCUT2D eigenvalue weighted by Crippen LogP contribution is 2.37. The van der Waals surface area contributed by atoms with Gasteiger partial charge in [-0.25, -0.2) is 0 Å². The van der Waals surface area contributed by atoms with Crippen LogP contribution in [0.3, 0.4) is 0 Å². The highest BCUT2D eigenvalue weighted by molar-refractivity contribution is 7.99. The number of anilines is 1. The number of carbonyl (C=O) groups is 2. The molecule has 1 N–H and O–H groups in total. The van der Waals surface area contributed by atoms with Crippen LogP contribution in [0.5, 0.6) is 0 Å². The van der Waals surface area contributed by atoms with Crippen LogP contribution in [0.1, 0.15) is 15.9 Å². The maximum atomic E-state index is 12.9. The second-order valence-electron chi connectivity index (χ2n) is 5.54. The third kappa shape index (κ3) is 4.06. The Bertz CT molecular complexity index is 821. The Balaban J connectivity index is 1.77. The van der Waals surface area contributed by atoms with Crippen molar-refractivity contribution >= 4 is 40.9 Å². The molecular formula is C19H17ClN2O2S. The average molecular weight is 373 g/mol. The molecule has 0 saturated heterocycles. The second kappa shape index (κ2) is 7.76. The lowest BCUT2D eigenvalue weighted by molar-refractivity contribution is -0.116. The third-order valence-electron chi connectivity index (χ3n) is 3.88. The summed E-state index contributed by atoms with van der Waals surface area (Å²) in [6, 6.07) is 12.9. The Morgan fingerprint density at radius 2 is 2.00 bits per heavy atom. The van der Waals surface area contributed by atoms with Gasteiger partial charge in [-0.2, -0.15) is 0 Å². The van der Waals surface area contributed by atoms with Gasteiger partial charge in [0.05, 0.1) is 5.69 Å². The number of hydrogen-bond donors (Lipinski definition) is 1. The maximum Gasteiger partial charge on any atom is 0.258 e. The van der Waals surface area contributed by atoms with Crippen molar-refractivity contribution in [1.29, 1.82) is 0 Å². The molecule has 1 aliphatic rings. The number of nitrogens with one attached hydrogen (secondary N) is 1. The summed E-state index contributed by atoms with van der Waals surface area (Å²) < 4.78 is 0. The van der Waals surface area contributed by atoms with Crippen LogP contribution >= 0.6 is 23.4 Å². The maximum absolute atomic E-state index is 12.9. The van der Waals surface area contributed by atoms with Gasteiger partial charge in [0, 0.05) is 34.3 Å². The minimum Gasteiger partial charge on any atom is -0.348 e. The number of benzene rings is 2. The monoisotopic (exact) mass is 372 g/mol. The first-order valence-electron chi connectivity index (χ1n) is 7.82. The van der Waals surface area contributed by atoms with Gasteiger partial charge >= 0.3 is 0 Å². The normalized spacial score (nSPS) is 13.1. The van der Waals surface area contributed by atoms with Gasteiger partial charge in [-0.1, -0.05) is 30.3 Å². The van der Waals surface area contributed by atoms with Crippen molar-refractivity contribution in [3.63, 3.8) is 0 Å². The van der Waals surface area contributed by atoms with Crippen LogP contribution in [0.15, 0.2) is 60.0 Å². The fraction of sp³-hybridized carbons (Fsp3) is 0.158. The van der Waals surface area contributed by atoms with Gasteiger partial charge in [0.15, 0.2) is 0 Å². The minimum absolute atomic E-state index is 0.0505. The van der Waals surface area contributed by atoms with Gasteiger partial charge in [0.1, 0.15) is 0 Å². The zero-order valence-electron chi connectivity index (χ0n) is 13.5. The molecule has 0 spiro atoms. The van der Waals surface area contributed by atoms with Gasteiger partial charge in [-0.05, 0) is 42.0 Å². The smallest absolute Gasteiger partial charge is 0.258 e. The van der Waals surface area contributed by atoms with Crippen molar-refractivity contribution in [2.75, 3.05) is 17.2 Å². The van der Waals surface area contributed by atoms with E-state index in [0.717, 1.165) is 21.9 Å². The van der Waals surface area contributed by atoms with Crippen LogP contribution in [0.2, 0.25) is 5.02 Å². The van der Waals surface area contributed by atoms with Crippen molar-refractivity contribution < 1.29 is 9.59 Å². The standard InChI is InChI=1S/C19H17ClN2O2S/c1-2-18(23)21-12-13-3-5-14(6-4-13)19(24)22-9-10-25-17-8-7-15(20)11-16(17)22/h2-8,11H,1,9-10,12H2,(H,21,23). The summed E-state index contributed by atoms with van der Waals surface area (Å²) in [6.45, 7) is 4.46. The van der Waals surface area contributed by atoms with E-state index in [2.05, 4.69) is 11.9 Å².